The standard InChI is InChI=1S/C17H26N2O2/c1-13(17(20)21-3)14(2)18-15-7-9-16(10-8-15)19-11-5-4-6-12-19/h7-10,13-14,18H,4-6,11-12H2,1-3H3. The minimum atomic E-state index is -0.181. The second-order valence-corrected chi connectivity index (χ2v) is 5.84. The summed E-state index contributed by atoms with van der Waals surface area (Å²) in [5, 5.41) is 3.37. The lowest BCUT2D eigenvalue weighted by molar-refractivity contribution is -0.145. The molecule has 0 saturated carbocycles. The molecule has 0 amide bonds. The van der Waals surface area contributed by atoms with Gasteiger partial charge in [0, 0.05) is 30.5 Å². The first kappa shape index (κ1) is 15.7. The van der Waals surface area contributed by atoms with Crippen LogP contribution in [0, 0.1) is 5.92 Å². The molecule has 1 heterocycles. The van der Waals surface area contributed by atoms with Crippen molar-refractivity contribution < 1.29 is 9.53 Å². The van der Waals surface area contributed by atoms with Crippen LogP contribution in [0.3, 0.4) is 0 Å². The maximum Gasteiger partial charge on any atom is 0.310 e. The van der Waals surface area contributed by atoms with Gasteiger partial charge in [-0.25, -0.2) is 0 Å². The van der Waals surface area contributed by atoms with E-state index in [0.29, 0.717) is 0 Å². The van der Waals surface area contributed by atoms with Gasteiger partial charge in [-0.2, -0.15) is 0 Å². The van der Waals surface area contributed by atoms with E-state index in [1.807, 2.05) is 13.8 Å². The van der Waals surface area contributed by atoms with Gasteiger partial charge in [0.1, 0.15) is 0 Å². The summed E-state index contributed by atoms with van der Waals surface area (Å²) < 4.78 is 4.78. The van der Waals surface area contributed by atoms with E-state index >= 15 is 0 Å². The van der Waals surface area contributed by atoms with Crippen LogP contribution in [0.15, 0.2) is 24.3 Å². The Kier molecular flexibility index (Phi) is 5.48. The summed E-state index contributed by atoms with van der Waals surface area (Å²) in [5.74, 6) is -0.350. The van der Waals surface area contributed by atoms with Crippen LogP contribution in [0.4, 0.5) is 11.4 Å². The molecule has 116 valence electrons. The molecule has 2 rings (SSSR count). The number of esters is 1. The van der Waals surface area contributed by atoms with Crippen LogP contribution in [-0.4, -0.2) is 32.2 Å². The van der Waals surface area contributed by atoms with E-state index in [-0.39, 0.29) is 17.9 Å². The third-order valence-electron chi connectivity index (χ3n) is 4.31. The number of hydrogen-bond donors (Lipinski definition) is 1. The van der Waals surface area contributed by atoms with Crippen LogP contribution in [-0.2, 0) is 9.53 Å². The van der Waals surface area contributed by atoms with Crippen molar-refractivity contribution in [2.24, 2.45) is 5.92 Å². The monoisotopic (exact) mass is 290 g/mol. The molecule has 1 aliphatic rings. The summed E-state index contributed by atoms with van der Waals surface area (Å²) in [5.41, 5.74) is 2.33. The number of piperidine rings is 1. The summed E-state index contributed by atoms with van der Waals surface area (Å²) >= 11 is 0. The van der Waals surface area contributed by atoms with E-state index in [9.17, 15) is 4.79 Å². The average Bonchev–Trinajstić information content (AvgIpc) is 2.54. The molecule has 1 N–H and O–H groups in total. The van der Waals surface area contributed by atoms with Crippen molar-refractivity contribution in [3.63, 3.8) is 0 Å². The van der Waals surface area contributed by atoms with Gasteiger partial charge in [-0.1, -0.05) is 0 Å². The van der Waals surface area contributed by atoms with Crippen molar-refractivity contribution in [1.82, 2.24) is 0 Å². The van der Waals surface area contributed by atoms with Crippen molar-refractivity contribution in [3.05, 3.63) is 24.3 Å². The van der Waals surface area contributed by atoms with Crippen LogP contribution < -0.4 is 10.2 Å². The summed E-state index contributed by atoms with van der Waals surface area (Å²) in [7, 11) is 1.43. The van der Waals surface area contributed by atoms with Crippen LogP contribution >= 0.6 is 0 Å². The van der Waals surface area contributed by atoms with Crippen LogP contribution in [0.25, 0.3) is 0 Å². The molecule has 0 aliphatic carbocycles. The Balaban J connectivity index is 1.94. The molecule has 1 aromatic carbocycles. The highest BCUT2D eigenvalue weighted by Gasteiger charge is 2.20. The fraction of sp³-hybridized carbons (Fsp3) is 0.588. The molecule has 1 aromatic rings. The number of ether oxygens (including phenoxy) is 1. The van der Waals surface area contributed by atoms with Gasteiger partial charge in [0.25, 0.3) is 0 Å². The summed E-state index contributed by atoms with van der Waals surface area (Å²) in [6.07, 6.45) is 3.92. The van der Waals surface area contributed by atoms with Crippen molar-refractivity contribution in [2.45, 2.75) is 39.2 Å². The van der Waals surface area contributed by atoms with Gasteiger partial charge in [0.15, 0.2) is 0 Å². The van der Waals surface area contributed by atoms with Gasteiger partial charge in [-0.05, 0) is 57.4 Å². The van der Waals surface area contributed by atoms with E-state index < -0.39 is 0 Å². The Morgan fingerprint density at radius 1 is 1.14 bits per heavy atom. The number of carbonyl (C=O) groups excluding carboxylic acids is 1. The number of nitrogens with one attached hydrogen (secondary N) is 1. The molecule has 1 saturated heterocycles. The summed E-state index contributed by atoms with van der Waals surface area (Å²) in [6.45, 7) is 6.19. The largest absolute Gasteiger partial charge is 0.469 e. The number of rotatable bonds is 5. The summed E-state index contributed by atoms with van der Waals surface area (Å²) in [6, 6.07) is 8.53. The molecule has 0 spiro atoms. The smallest absolute Gasteiger partial charge is 0.310 e. The Morgan fingerprint density at radius 2 is 1.76 bits per heavy atom. The van der Waals surface area contributed by atoms with Gasteiger partial charge >= 0.3 is 5.97 Å². The van der Waals surface area contributed by atoms with E-state index in [1.165, 1.54) is 32.1 Å². The third kappa shape index (κ3) is 4.13. The number of benzene rings is 1. The molecule has 4 heteroatoms. The van der Waals surface area contributed by atoms with Gasteiger partial charge in [-0.3, -0.25) is 4.79 Å². The van der Waals surface area contributed by atoms with Crippen molar-refractivity contribution in [1.29, 1.82) is 0 Å². The highest BCUT2D eigenvalue weighted by atomic mass is 16.5. The first-order valence-corrected chi connectivity index (χ1v) is 7.81. The molecule has 21 heavy (non-hydrogen) atoms. The van der Waals surface area contributed by atoms with Gasteiger partial charge in [-0.15, -0.1) is 0 Å². The minimum Gasteiger partial charge on any atom is -0.469 e. The van der Waals surface area contributed by atoms with E-state index in [4.69, 9.17) is 4.74 Å². The molecule has 0 bridgehead atoms. The molecule has 2 unspecified atom stereocenters. The lowest BCUT2D eigenvalue weighted by Gasteiger charge is -2.29. The molecular formula is C17H26N2O2. The predicted molar refractivity (Wildman–Crippen MR) is 86.8 cm³/mol. The minimum absolute atomic E-state index is 0.0401. The van der Waals surface area contributed by atoms with Crippen molar-refractivity contribution in [3.8, 4) is 0 Å². The first-order valence-electron chi connectivity index (χ1n) is 7.81. The van der Waals surface area contributed by atoms with Gasteiger partial charge in [0.05, 0.1) is 13.0 Å². The SMILES string of the molecule is COC(=O)C(C)C(C)Nc1ccc(N2CCCCC2)cc1. The number of methoxy groups -OCH3 is 1. The molecule has 2 atom stereocenters. The lowest BCUT2D eigenvalue weighted by Crippen LogP contribution is -2.31. The number of anilines is 2. The number of carbonyl (C=O) groups is 1. The van der Waals surface area contributed by atoms with E-state index in [2.05, 4.69) is 34.5 Å². The van der Waals surface area contributed by atoms with E-state index in [0.717, 1.165) is 18.8 Å². The summed E-state index contributed by atoms with van der Waals surface area (Å²) in [4.78, 5) is 14.0. The highest BCUT2D eigenvalue weighted by molar-refractivity contribution is 5.73. The Bertz CT molecular complexity index is 452. The second-order valence-electron chi connectivity index (χ2n) is 5.84. The van der Waals surface area contributed by atoms with Crippen LogP contribution in [0.1, 0.15) is 33.1 Å². The molecule has 1 aliphatic heterocycles. The van der Waals surface area contributed by atoms with Crippen LogP contribution in [0.5, 0.6) is 0 Å². The van der Waals surface area contributed by atoms with Gasteiger partial charge < -0.3 is 15.0 Å². The lowest BCUT2D eigenvalue weighted by atomic mass is 10.0. The Morgan fingerprint density at radius 3 is 2.33 bits per heavy atom. The fourth-order valence-electron chi connectivity index (χ4n) is 2.70. The highest BCUT2D eigenvalue weighted by Crippen LogP contribution is 2.22. The third-order valence-corrected chi connectivity index (χ3v) is 4.31. The second kappa shape index (κ2) is 7.34. The average molecular weight is 290 g/mol. The topological polar surface area (TPSA) is 41.6 Å². The maximum absolute atomic E-state index is 11.5. The first-order chi connectivity index (χ1) is 10.1. The number of hydrogen-bond acceptors (Lipinski definition) is 4. The van der Waals surface area contributed by atoms with E-state index in [1.54, 1.807) is 0 Å². The quantitative estimate of drug-likeness (QED) is 0.845. The molecular weight excluding hydrogens is 264 g/mol. The molecule has 0 aromatic heterocycles. The predicted octanol–water partition coefficient (Wildman–Crippen LogP) is 3.29. The zero-order valence-corrected chi connectivity index (χ0v) is 13.3. The maximum atomic E-state index is 11.5. The molecule has 1 fully saturated rings. The normalized spacial score (nSPS) is 18.0. The fourth-order valence-corrected chi connectivity index (χ4v) is 2.70. The zero-order valence-electron chi connectivity index (χ0n) is 13.3. The zero-order chi connectivity index (χ0) is 15.2. The number of nitrogens with zero attached hydrogens (tertiary/aromatic N) is 1. The molecule has 4 nitrogen and oxygen atoms in total. The molecule has 0 radical (unpaired) electrons. The Hall–Kier alpha value is -1.71. The van der Waals surface area contributed by atoms with Crippen LogP contribution in [0.2, 0.25) is 0 Å². The van der Waals surface area contributed by atoms with Crippen molar-refractivity contribution >= 4 is 17.3 Å². The van der Waals surface area contributed by atoms with Crippen molar-refractivity contribution in [2.75, 3.05) is 30.4 Å². The Labute approximate surface area is 127 Å². The van der Waals surface area contributed by atoms with Gasteiger partial charge in [0.2, 0.25) is 0 Å².